The molecule has 0 aliphatic heterocycles. The lowest BCUT2D eigenvalue weighted by atomic mass is 10.1. The van der Waals surface area contributed by atoms with E-state index >= 15 is 0 Å². The highest BCUT2D eigenvalue weighted by Gasteiger charge is 2.20. The topological polar surface area (TPSA) is 51.7 Å². The highest BCUT2D eigenvalue weighted by molar-refractivity contribution is 5.96. The predicted octanol–water partition coefficient (Wildman–Crippen LogP) is 1.83. The average molecular weight is 266 g/mol. The minimum atomic E-state index is -0.0734. The van der Waals surface area contributed by atoms with Crippen LogP contribution in [0.3, 0.4) is 0 Å². The lowest BCUT2D eigenvalue weighted by Gasteiger charge is -2.24. The summed E-state index contributed by atoms with van der Waals surface area (Å²) in [6.45, 7) is 5.91. The lowest BCUT2D eigenvalue weighted by molar-refractivity contribution is 0.0668. The van der Waals surface area contributed by atoms with Crippen LogP contribution in [0.1, 0.15) is 24.2 Å². The summed E-state index contributed by atoms with van der Waals surface area (Å²) in [7, 11) is 3.14. The van der Waals surface area contributed by atoms with E-state index in [2.05, 4.69) is 18.8 Å². The average Bonchev–Trinajstić information content (AvgIpc) is 2.42. The number of nitrogens with zero attached hydrogens (tertiary/aromatic N) is 2. The molecule has 0 N–H and O–H groups in total. The molecule has 1 amide bonds. The van der Waals surface area contributed by atoms with Crippen molar-refractivity contribution >= 4 is 5.91 Å². The molecular weight excluding hydrogens is 244 g/mol. The molecule has 0 aliphatic rings. The Labute approximate surface area is 114 Å². The van der Waals surface area contributed by atoms with Gasteiger partial charge in [0.1, 0.15) is 5.56 Å². The number of carbonyl (C=O) groups excluding carboxylic acids is 1. The molecule has 0 aliphatic carbocycles. The molecule has 0 aromatic carbocycles. The van der Waals surface area contributed by atoms with Crippen LogP contribution in [0.5, 0.6) is 5.88 Å². The van der Waals surface area contributed by atoms with Gasteiger partial charge in [-0.15, -0.1) is 0 Å². The second-order valence-electron chi connectivity index (χ2n) is 4.70. The number of carbonyl (C=O) groups is 1. The Morgan fingerprint density at radius 1 is 1.42 bits per heavy atom. The number of ether oxygens (including phenoxy) is 2. The molecule has 0 fully saturated rings. The van der Waals surface area contributed by atoms with Gasteiger partial charge < -0.3 is 14.4 Å². The summed E-state index contributed by atoms with van der Waals surface area (Å²) in [6, 6.07) is 3.47. The summed E-state index contributed by atoms with van der Waals surface area (Å²) >= 11 is 0. The van der Waals surface area contributed by atoms with E-state index in [4.69, 9.17) is 9.47 Å². The van der Waals surface area contributed by atoms with E-state index in [0.29, 0.717) is 37.1 Å². The largest absolute Gasteiger partial charge is 0.480 e. The summed E-state index contributed by atoms with van der Waals surface area (Å²) in [5, 5.41) is 0. The highest BCUT2D eigenvalue weighted by Crippen LogP contribution is 2.16. The zero-order valence-electron chi connectivity index (χ0n) is 12.0. The zero-order chi connectivity index (χ0) is 14.3. The van der Waals surface area contributed by atoms with E-state index in [1.54, 1.807) is 30.3 Å². The standard InChI is InChI=1S/C14H22N2O3/c1-11(2)10-16(8-9-18-3)14(17)12-6-5-7-15-13(12)19-4/h5-7,11H,8-10H2,1-4H3. The number of hydrogen-bond acceptors (Lipinski definition) is 4. The second-order valence-corrected chi connectivity index (χ2v) is 4.70. The molecule has 19 heavy (non-hydrogen) atoms. The maximum absolute atomic E-state index is 12.5. The fourth-order valence-corrected chi connectivity index (χ4v) is 1.80. The number of rotatable bonds is 7. The molecule has 1 heterocycles. The van der Waals surface area contributed by atoms with E-state index in [1.165, 1.54) is 7.11 Å². The molecule has 1 aromatic heterocycles. The monoisotopic (exact) mass is 266 g/mol. The molecule has 1 aromatic rings. The van der Waals surface area contributed by atoms with Crippen LogP contribution in [0, 0.1) is 5.92 Å². The van der Waals surface area contributed by atoms with Crippen molar-refractivity contribution in [1.29, 1.82) is 0 Å². The third kappa shape index (κ3) is 4.52. The van der Waals surface area contributed by atoms with E-state index in [1.807, 2.05) is 0 Å². The molecule has 0 saturated heterocycles. The van der Waals surface area contributed by atoms with Crippen LogP contribution in [0.2, 0.25) is 0 Å². The van der Waals surface area contributed by atoms with E-state index in [-0.39, 0.29) is 5.91 Å². The first kappa shape index (κ1) is 15.4. The Morgan fingerprint density at radius 2 is 2.16 bits per heavy atom. The molecule has 106 valence electrons. The van der Waals surface area contributed by atoms with Crippen molar-refractivity contribution in [3.63, 3.8) is 0 Å². The summed E-state index contributed by atoms with van der Waals surface area (Å²) in [4.78, 5) is 18.3. The summed E-state index contributed by atoms with van der Waals surface area (Å²) in [6.07, 6.45) is 1.61. The van der Waals surface area contributed by atoms with Crippen molar-refractivity contribution in [2.45, 2.75) is 13.8 Å². The van der Waals surface area contributed by atoms with Gasteiger partial charge in [0, 0.05) is 26.4 Å². The first-order chi connectivity index (χ1) is 9.10. The van der Waals surface area contributed by atoms with Gasteiger partial charge in [0.15, 0.2) is 0 Å². The number of aromatic nitrogens is 1. The second kappa shape index (κ2) is 7.74. The van der Waals surface area contributed by atoms with Crippen molar-refractivity contribution in [3.05, 3.63) is 23.9 Å². The fraction of sp³-hybridized carbons (Fsp3) is 0.571. The van der Waals surface area contributed by atoms with Crippen LogP contribution in [-0.2, 0) is 4.74 Å². The Bertz CT molecular complexity index is 407. The van der Waals surface area contributed by atoms with Crippen LogP contribution < -0.4 is 4.74 Å². The van der Waals surface area contributed by atoms with Crippen LogP contribution in [0.25, 0.3) is 0 Å². The van der Waals surface area contributed by atoms with Crippen LogP contribution in [0.4, 0.5) is 0 Å². The quantitative estimate of drug-likeness (QED) is 0.755. The van der Waals surface area contributed by atoms with Gasteiger partial charge in [-0.3, -0.25) is 4.79 Å². The molecule has 1 rings (SSSR count). The number of methoxy groups -OCH3 is 2. The Balaban J connectivity index is 2.90. The van der Waals surface area contributed by atoms with Gasteiger partial charge in [-0.05, 0) is 18.1 Å². The Kier molecular flexibility index (Phi) is 6.29. The van der Waals surface area contributed by atoms with Gasteiger partial charge in [0.2, 0.25) is 5.88 Å². The van der Waals surface area contributed by atoms with Crippen molar-refractivity contribution in [3.8, 4) is 5.88 Å². The van der Waals surface area contributed by atoms with Gasteiger partial charge >= 0.3 is 0 Å². The fourth-order valence-electron chi connectivity index (χ4n) is 1.80. The SMILES string of the molecule is COCCN(CC(C)C)C(=O)c1cccnc1OC. The highest BCUT2D eigenvalue weighted by atomic mass is 16.5. The van der Waals surface area contributed by atoms with Crippen LogP contribution >= 0.6 is 0 Å². The summed E-state index contributed by atoms with van der Waals surface area (Å²) < 4.78 is 10.2. The van der Waals surface area contributed by atoms with Crippen LogP contribution in [0.15, 0.2) is 18.3 Å². The third-order valence-electron chi connectivity index (χ3n) is 2.63. The third-order valence-corrected chi connectivity index (χ3v) is 2.63. The maximum atomic E-state index is 12.5. The molecule has 0 atom stereocenters. The van der Waals surface area contributed by atoms with Crippen molar-refractivity contribution in [2.75, 3.05) is 33.9 Å². The number of amides is 1. The Morgan fingerprint density at radius 3 is 2.74 bits per heavy atom. The maximum Gasteiger partial charge on any atom is 0.259 e. The lowest BCUT2D eigenvalue weighted by Crippen LogP contribution is -2.37. The van der Waals surface area contributed by atoms with Gasteiger partial charge in [-0.1, -0.05) is 13.8 Å². The molecule has 5 nitrogen and oxygen atoms in total. The smallest absolute Gasteiger partial charge is 0.259 e. The molecule has 0 spiro atoms. The first-order valence-corrected chi connectivity index (χ1v) is 6.37. The first-order valence-electron chi connectivity index (χ1n) is 6.37. The summed E-state index contributed by atoms with van der Waals surface area (Å²) in [5.74, 6) is 0.679. The molecule has 0 bridgehead atoms. The van der Waals surface area contributed by atoms with Crippen molar-refractivity contribution < 1.29 is 14.3 Å². The van der Waals surface area contributed by atoms with Gasteiger partial charge in [-0.25, -0.2) is 4.98 Å². The predicted molar refractivity (Wildman–Crippen MR) is 73.4 cm³/mol. The van der Waals surface area contributed by atoms with Gasteiger partial charge in [0.05, 0.1) is 13.7 Å². The zero-order valence-corrected chi connectivity index (χ0v) is 12.0. The molecule has 0 unspecified atom stereocenters. The van der Waals surface area contributed by atoms with E-state index in [9.17, 15) is 4.79 Å². The number of pyridine rings is 1. The Hall–Kier alpha value is -1.62. The van der Waals surface area contributed by atoms with Gasteiger partial charge in [-0.2, -0.15) is 0 Å². The van der Waals surface area contributed by atoms with Crippen LogP contribution in [-0.4, -0.2) is 49.7 Å². The van der Waals surface area contributed by atoms with Crippen molar-refractivity contribution in [1.82, 2.24) is 9.88 Å². The van der Waals surface area contributed by atoms with E-state index < -0.39 is 0 Å². The minimum absolute atomic E-state index is 0.0734. The summed E-state index contributed by atoms with van der Waals surface area (Å²) in [5.41, 5.74) is 0.488. The number of hydrogen-bond donors (Lipinski definition) is 0. The molecule has 0 radical (unpaired) electrons. The molecule has 0 saturated carbocycles. The van der Waals surface area contributed by atoms with E-state index in [0.717, 1.165) is 0 Å². The molecule has 5 heteroatoms. The molecular formula is C14H22N2O3. The minimum Gasteiger partial charge on any atom is -0.480 e. The van der Waals surface area contributed by atoms with Gasteiger partial charge in [0.25, 0.3) is 5.91 Å². The normalized spacial score (nSPS) is 10.6. The van der Waals surface area contributed by atoms with Crippen molar-refractivity contribution in [2.24, 2.45) is 5.92 Å².